The molecular formula is C24H30NO4-. The molecule has 5 nitrogen and oxygen atoms in total. The van der Waals surface area contributed by atoms with Gasteiger partial charge in [0.05, 0.1) is 17.2 Å². The largest absolute Gasteiger partial charge is 0.545 e. The molecule has 0 aliphatic carbocycles. The van der Waals surface area contributed by atoms with Crippen molar-refractivity contribution < 1.29 is 19.8 Å². The minimum absolute atomic E-state index is 0.0294. The van der Waals surface area contributed by atoms with Crippen LogP contribution in [0.4, 0.5) is 5.69 Å². The summed E-state index contributed by atoms with van der Waals surface area (Å²) in [7, 11) is 0. The SMILES string of the molecule is CCCCCC(C(=O)c1cccc(N(CC)CC)c1O)c1ccccc1C(=O)[O-]. The van der Waals surface area contributed by atoms with E-state index in [2.05, 4.69) is 6.92 Å². The van der Waals surface area contributed by atoms with Gasteiger partial charge in [0.2, 0.25) is 0 Å². The van der Waals surface area contributed by atoms with E-state index in [1.807, 2.05) is 18.7 Å². The first-order valence-electron chi connectivity index (χ1n) is 10.4. The lowest BCUT2D eigenvalue weighted by molar-refractivity contribution is -0.255. The number of hydrogen-bond acceptors (Lipinski definition) is 5. The van der Waals surface area contributed by atoms with Crippen molar-refractivity contribution in [2.45, 2.75) is 52.4 Å². The first-order valence-corrected chi connectivity index (χ1v) is 10.4. The molecule has 0 saturated heterocycles. The van der Waals surface area contributed by atoms with Gasteiger partial charge < -0.3 is 19.9 Å². The maximum absolute atomic E-state index is 13.5. The summed E-state index contributed by atoms with van der Waals surface area (Å²) in [5.74, 6) is -2.25. The van der Waals surface area contributed by atoms with E-state index in [-0.39, 0.29) is 22.7 Å². The third-order valence-corrected chi connectivity index (χ3v) is 5.35. The lowest BCUT2D eigenvalue weighted by atomic mass is 9.83. The van der Waals surface area contributed by atoms with E-state index < -0.39 is 11.9 Å². The summed E-state index contributed by atoms with van der Waals surface area (Å²) in [4.78, 5) is 27.1. The number of carbonyl (C=O) groups is 2. The van der Waals surface area contributed by atoms with Gasteiger partial charge in [-0.2, -0.15) is 0 Å². The first kappa shape index (κ1) is 22.5. The average molecular weight is 397 g/mol. The molecule has 0 spiro atoms. The molecule has 2 aromatic rings. The van der Waals surface area contributed by atoms with Crippen LogP contribution in [0.25, 0.3) is 0 Å². The predicted molar refractivity (Wildman–Crippen MR) is 114 cm³/mol. The number of para-hydroxylation sites is 1. The Morgan fingerprint density at radius 3 is 2.24 bits per heavy atom. The highest BCUT2D eigenvalue weighted by Crippen LogP contribution is 2.36. The number of carbonyl (C=O) groups excluding carboxylic acids is 2. The van der Waals surface area contributed by atoms with Crippen LogP contribution < -0.4 is 10.0 Å². The molecule has 0 fully saturated rings. The number of rotatable bonds is 11. The van der Waals surface area contributed by atoms with Crippen LogP contribution in [-0.4, -0.2) is 29.9 Å². The molecule has 0 aromatic heterocycles. The number of nitrogens with zero attached hydrogens (tertiary/aromatic N) is 1. The molecule has 0 aliphatic rings. The minimum atomic E-state index is -1.30. The highest BCUT2D eigenvalue weighted by Gasteiger charge is 2.27. The van der Waals surface area contributed by atoms with E-state index >= 15 is 0 Å². The van der Waals surface area contributed by atoms with Crippen molar-refractivity contribution in [1.29, 1.82) is 0 Å². The Labute approximate surface area is 173 Å². The lowest BCUT2D eigenvalue weighted by Gasteiger charge is -2.25. The second kappa shape index (κ2) is 10.6. The number of unbranched alkanes of at least 4 members (excludes halogenated alkanes) is 2. The molecule has 0 amide bonds. The van der Waals surface area contributed by atoms with Crippen molar-refractivity contribution in [1.82, 2.24) is 0 Å². The number of carboxylic acids is 1. The third-order valence-electron chi connectivity index (χ3n) is 5.35. The summed E-state index contributed by atoms with van der Waals surface area (Å²) < 4.78 is 0. The fourth-order valence-electron chi connectivity index (χ4n) is 3.75. The Morgan fingerprint density at radius 1 is 0.966 bits per heavy atom. The summed E-state index contributed by atoms with van der Waals surface area (Å²) in [6.45, 7) is 7.46. The number of aromatic carboxylic acids is 1. The molecule has 5 heteroatoms. The predicted octanol–water partition coefficient (Wildman–Crippen LogP) is 4.15. The van der Waals surface area contributed by atoms with Crippen LogP contribution in [0.2, 0.25) is 0 Å². The molecule has 0 heterocycles. The highest BCUT2D eigenvalue weighted by molar-refractivity contribution is 6.05. The van der Waals surface area contributed by atoms with Crippen LogP contribution in [-0.2, 0) is 0 Å². The van der Waals surface area contributed by atoms with E-state index in [0.29, 0.717) is 30.8 Å². The Bertz CT molecular complexity index is 843. The number of phenols is 1. The van der Waals surface area contributed by atoms with Gasteiger partial charge in [-0.25, -0.2) is 0 Å². The van der Waals surface area contributed by atoms with Gasteiger partial charge in [-0.3, -0.25) is 4.79 Å². The molecule has 0 aliphatic heterocycles. The van der Waals surface area contributed by atoms with Gasteiger partial charge in [0.25, 0.3) is 0 Å². The second-order valence-corrected chi connectivity index (χ2v) is 7.13. The monoisotopic (exact) mass is 396 g/mol. The quantitative estimate of drug-likeness (QED) is 0.456. The molecule has 2 aromatic carbocycles. The van der Waals surface area contributed by atoms with Gasteiger partial charge in [-0.1, -0.05) is 56.5 Å². The Balaban J connectivity index is 2.51. The summed E-state index contributed by atoms with van der Waals surface area (Å²) in [5.41, 5.74) is 1.31. The molecule has 0 saturated carbocycles. The number of hydrogen-bond donors (Lipinski definition) is 1. The number of phenolic OH excluding ortho intramolecular Hbond substituents is 1. The Kier molecular flexibility index (Phi) is 8.25. The van der Waals surface area contributed by atoms with Crippen LogP contribution >= 0.6 is 0 Å². The lowest BCUT2D eigenvalue weighted by Crippen LogP contribution is -2.26. The van der Waals surface area contributed by atoms with Gasteiger partial charge in [0.15, 0.2) is 5.78 Å². The zero-order valence-corrected chi connectivity index (χ0v) is 17.5. The van der Waals surface area contributed by atoms with Gasteiger partial charge >= 0.3 is 0 Å². The van der Waals surface area contributed by atoms with Crippen LogP contribution in [0, 0.1) is 0 Å². The van der Waals surface area contributed by atoms with Gasteiger partial charge in [0.1, 0.15) is 5.75 Å². The minimum Gasteiger partial charge on any atom is -0.545 e. The maximum atomic E-state index is 13.5. The molecule has 2 rings (SSSR count). The molecule has 0 bridgehead atoms. The van der Waals surface area contributed by atoms with Crippen LogP contribution in [0.5, 0.6) is 5.75 Å². The van der Waals surface area contributed by atoms with Crippen molar-refractivity contribution in [3.05, 3.63) is 59.2 Å². The molecule has 156 valence electrons. The number of ketones is 1. The van der Waals surface area contributed by atoms with Gasteiger partial charge in [0, 0.05) is 24.6 Å². The molecule has 1 N–H and O–H groups in total. The summed E-state index contributed by atoms with van der Waals surface area (Å²) in [5, 5.41) is 22.5. The van der Waals surface area contributed by atoms with Crippen molar-refractivity contribution in [2.24, 2.45) is 0 Å². The van der Waals surface area contributed by atoms with E-state index in [0.717, 1.165) is 19.3 Å². The average Bonchev–Trinajstić information content (AvgIpc) is 2.73. The number of Topliss-reactive ketones (excluding diaryl/α,β-unsaturated/α-hetero) is 1. The topological polar surface area (TPSA) is 80.7 Å². The van der Waals surface area contributed by atoms with Crippen LogP contribution in [0.1, 0.15) is 78.7 Å². The van der Waals surface area contributed by atoms with Crippen molar-refractivity contribution in [2.75, 3.05) is 18.0 Å². The summed E-state index contributed by atoms with van der Waals surface area (Å²) >= 11 is 0. The van der Waals surface area contributed by atoms with Crippen molar-refractivity contribution in [3.8, 4) is 5.75 Å². The van der Waals surface area contributed by atoms with Crippen LogP contribution in [0.15, 0.2) is 42.5 Å². The number of benzene rings is 2. The fraction of sp³-hybridized carbons (Fsp3) is 0.417. The van der Waals surface area contributed by atoms with E-state index in [4.69, 9.17) is 0 Å². The first-order chi connectivity index (χ1) is 14.0. The second-order valence-electron chi connectivity index (χ2n) is 7.13. The zero-order chi connectivity index (χ0) is 21.4. The Morgan fingerprint density at radius 2 is 1.62 bits per heavy atom. The molecular weight excluding hydrogens is 366 g/mol. The van der Waals surface area contributed by atoms with E-state index in [1.54, 1.807) is 36.4 Å². The zero-order valence-electron chi connectivity index (χ0n) is 17.5. The molecule has 1 unspecified atom stereocenters. The molecule has 0 radical (unpaired) electrons. The smallest absolute Gasteiger partial charge is 0.174 e. The summed E-state index contributed by atoms with van der Waals surface area (Å²) in [6.07, 6.45) is 3.26. The third kappa shape index (κ3) is 5.17. The van der Waals surface area contributed by atoms with Crippen molar-refractivity contribution >= 4 is 17.4 Å². The molecule has 1 atom stereocenters. The fourth-order valence-corrected chi connectivity index (χ4v) is 3.75. The highest BCUT2D eigenvalue weighted by atomic mass is 16.4. The normalized spacial score (nSPS) is 11.8. The Hall–Kier alpha value is -2.82. The van der Waals surface area contributed by atoms with E-state index in [9.17, 15) is 19.8 Å². The van der Waals surface area contributed by atoms with E-state index in [1.165, 1.54) is 6.07 Å². The van der Waals surface area contributed by atoms with Gasteiger partial charge in [-0.15, -0.1) is 0 Å². The molecule has 29 heavy (non-hydrogen) atoms. The number of carboxylic acid groups (broad SMARTS) is 1. The number of anilines is 1. The van der Waals surface area contributed by atoms with Gasteiger partial charge in [-0.05, 0) is 38.0 Å². The standard InChI is InChI=1S/C24H31NO4/c1-4-7-8-13-18(17-12-9-10-14-19(17)24(28)29)22(26)20-15-11-16-21(23(20)27)25(5-2)6-3/h9-12,14-16,18,27H,4-8,13H2,1-3H3,(H,28,29)/p-1. The summed E-state index contributed by atoms with van der Waals surface area (Å²) in [6, 6.07) is 11.7. The van der Waals surface area contributed by atoms with Crippen molar-refractivity contribution in [3.63, 3.8) is 0 Å². The van der Waals surface area contributed by atoms with Crippen LogP contribution in [0.3, 0.4) is 0 Å². The maximum Gasteiger partial charge on any atom is 0.174 e. The number of aromatic hydroxyl groups is 1.